The second kappa shape index (κ2) is 9.54. The van der Waals surface area contributed by atoms with Gasteiger partial charge in [-0.05, 0) is 92.8 Å². The highest BCUT2D eigenvalue weighted by Gasteiger charge is 2.46. The van der Waals surface area contributed by atoms with Gasteiger partial charge in [-0.15, -0.1) is 0 Å². The Morgan fingerprint density at radius 1 is 0.919 bits per heavy atom. The maximum absolute atomic E-state index is 13.2. The molecule has 1 saturated heterocycles. The Labute approximate surface area is 225 Å². The SMILES string of the molecule is O=c1nc2n(c3cccc(Cl)c13)-c1ccc(C3CCN(CC4CCCCC4)CC3)cc1C21CCCCC1. The van der Waals surface area contributed by atoms with Crippen LogP contribution in [0.2, 0.25) is 5.02 Å². The Morgan fingerprint density at radius 3 is 2.46 bits per heavy atom. The van der Waals surface area contributed by atoms with Crippen LogP contribution in [-0.2, 0) is 5.41 Å². The monoisotopic (exact) mass is 515 g/mol. The molecule has 0 radical (unpaired) electrons. The van der Waals surface area contributed by atoms with Crippen molar-refractivity contribution in [1.82, 2.24) is 14.5 Å². The van der Waals surface area contributed by atoms with Gasteiger partial charge in [0.2, 0.25) is 0 Å². The first kappa shape index (κ1) is 23.9. The van der Waals surface area contributed by atoms with E-state index in [0.717, 1.165) is 30.1 Å². The van der Waals surface area contributed by atoms with Gasteiger partial charge in [0.15, 0.2) is 0 Å². The van der Waals surface area contributed by atoms with E-state index in [4.69, 9.17) is 16.6 Å². The van der Waals surface area contributed by atoms with Crippen molar-refractivity contribution in [2.45, 2.75) is 88.4 Å². The molecule has 0 unspecified atom stereocenters. The van der Waals surface area contributed by atoms with Crippen LogP contribution in [0.15, 0.2) is 41.2 Å². The predicted octanol–water partition coefficient (Wildman–Crippen LogP) is 7.36. The van der Waals surface area contributed by atoms with Crippen LogP contribution in [0.1, 0.15) is 99.9 Å². The molecule has 37 heavy (non-hydrogen) atoms. The third-order valence-electron chi connectivity index (χ3n) is 10.1. The van der Waals surface area contributed by atoms with Crippen molar-refractivity contribution in [2.24, 2.45) is 5.92 Å². The molecule has 5 heteroatoms. The summed E-state index contributed by atoms with van der Waals surface area (Å²) in [6.07, 6.45) is 15.5. The van der Waals surface area contributed by atoms with Gasteiger partial charge in [-0.3, -0.25) is 9.36 Å². The molecular weight excluding hydrogens is 478 g/mol. The molecule has 7 rings (SSSR count). The van der Waals surface area contributed by atoms with E-state index < -0.39 is 0 Å². The van der Waals surface area contributed by atoms with E-state index in [9.17, 15) is 4.79 Å². The number of rotatable bonds is 3. The van der Waals surface area contributed by atoms with E-state index in [0.29, 0.717) is 16.3 Å². The molecule has 3 fully saturated rings. The fourth-order valence-electron chi connectivity index (χ4n) is 8.13. The minimum absolute atomic E-state index is 0.152. The Bertz CT molecular complexity index is 1370. The number of nitrogens with zero attached hydrogens (tertiary/aromatic N) is 3. The summed E-state index contributed by atoms with van der Waals surface area (Å²) < 4.78 is 2.26. The molecule has 0 N–H and O–H groups in total. The van der Waals surface area contributed by atoms with Crippen molar-refractivity contribution in [2.75, 3.05) is 19.6 Å². The van der Waals surface area contributed by atoms with Crippen molar-refractivity contribution >= 4 is 22.5 Å². The van der Waals surface area contributed by atoms with E-state index in [1.807, 2.05) is 12.1 Å². The zero-order valence-corrected chi connectivity index (χ0v) is 22.6. The maximum atomic E-state index is 13.2. The number of aromatic nitrogens is 2. The highest BCUT2D eigenvalue weighted by atomic mass is 35.5. The van der Waals surface area contributed by atoms with Crippen LogP contribution in [0.25, 0.3) is 16.6 Å². The van der Waals surface area contributed by atoms with Crippen LogP contribution < -0.4 is 5.56 Å². The third-order valence-corrected chi connectivity index (χ3v) is 10.4. The van der Waals surface area contributed by atoms with Crippen LogP contribution in [0.3, 0.4) is 0 Å². The first-order chi connectivity index (χ1) is 18.1. The number of likely N-dealkylation sites (tertiary alicyclic amines) is 1. The van der Waals surface area contributed by atoms with E-state index in [-0.39, 0.29) is 11.0 Å². The molecular formula is C32H38ClN3O. The highest BCUT2D eigenvalue weighted by Crippen LogP contribution is 2.52. The molecule has 0 atom stereocenters. The Kier molecular flexibility index (Phi) is 6.16. The number of benzene rings is 2. The standard InChI is InChI=1S/C32H38ClN3O/c33-26-10-7-11-28-29(26)30(37)34-31-32(16-5-2-6-17-32)25-20-24(12-13-27(25)36(28)31)23-14-18-35(19-15-23)21-22-8-3-1-4-9-22/h7,10-13,20,22-23H,1-6,8-9,14-19,21H2. The molecule has 3 aromatic rings. The molecule has 194 valence electrons. The average Bonchev–Trinajstić information content (AvgIpc) is 3.18. The van der Waals surface area contributed by atoms with Gasteiger partial charge < -0.3 is 4.90 Å². The molecule has 4 nitrogen and oxygen atoms in total. The lowest BCUT2D eigenvalue weighted by atomic mass is 9.69. The predicted molar refractivity (Wildman–Crippen MR) is 151 cm³/mol. The first-order valence-corrected chi connectivity index (χ1v) is 15.1. The normalized spacial score (nSPS) is 22.4. The summed E-state index contributed by atoms with van der Waals surface area (Å²) in [4.78, 5) is 20.7. The minimum Gasteiger partial charge on any atom is -0.303 e. The molecule has 0 bridgehead atoms. The zero-order chi connectivity index (χ0) is 25.0. The Hall–Kier alpha value is -2.17. The van der Waals surface area contributed by atoms with Crippen LogP contribution in [0.4, 0.5) is 0 Å². The average molecular weight is 516 g/mol. The zero-order valence-electron chi connectivity index (χ0n) is 21.9. The van der Waals surface area contributed by atoms with E-state index >= 15 is 0 Å². The van der Waals surface area contributed by atoms with Gasteiger partial charge in [0.1, 0.15) is 5.82 Å². The van der Waals surface area contributed by atoms with Gasteiger partial charge >= 0.3 is 0 Å². The number of fused-ring (bicyclic) bond motifs is 7. The van der Waals surface area contributed by atoms with E-state index in [1.165, 1.54) is 101 Å². The molecule has 4 aliphatic rings. The fraction of sp³-hybridized carbons (Fsp3) is 0.562. The molecule has 2 aromatic carbocycles. The third kappa shape index (κ3) is 3.98. The van der Waals surface area contributed by atoms with Gasteiger partial charge in [-0.25, -0.2) is 0 Å². The molecule has 3 heterocycles. The fourth-order valence-corrected chi connectivity index (χ4v) is 8.38. The summed E-state index contributed by atoms with van der Waals surface area (Å²) in [7, 11) is 0. The van der Waals surface area contributed by atoms with E-state index in [2.05, 4.69) is 27.7 Å². The summed E-state index contributed by atoms with van der Waals surface area (Å²) in [6.45, 7) is 3.76. The van der Waals surface area contributed by atoms with Crippen molar-refractivity contribution in [3.05, 3.63) is 68.7 Å². The van der Waals surface area contributed by atoms with Gasteiger partial charge in [0.05, 0.1) is 27.0 Å². The second-order valence-corrected chi connectivity index (χ2v) is 12.6. The number of hydrogen-bond acceptors (Lipinski definition) is 3. The minimum atomic E-state index is -0.185. The smallest absolute Gasteiger partial charge is 0.282 e. The molecule has 1 aromatic heterocycles. The van der Waals surface area contributed by atoms with Crippen molar-refractivity contribution in [3.63, 3.8) is 0 Å². The number of hydrogen-bond donors (Lipinski definition) is 0. The molecule has 1 spiro atoms. The van der Waals surface area contributed by atoms with Crippen molar-refractivity contribution in [3.8, 4) is 5.69 Å². The summed E-state index contributed by atoms with van der Waals surface area (Å²) in [5.41, 5.74) is 4.65. The summed E-state index contributed by atoms with van der Waals surface area (Å²) in [6, 6.07) is 13.0. The number of halogens is 1. The van der Waals surface area contributed by atoms with E-state index in [1.54, 1.807) is 6.07 Å². The summed E-state index contributed by atoms with van der Waals surface area (Å²) >= 11 is 6.51. The van der Waals surface area contributed by atoms with Gasteiger partial charge in [0.25, 0.3) is 5.56 Å². The topological polar surface area (TPSA) is 38.1 Å². The maximum Gasteiger partial charge on any atom is 0.282 e. The number of piperidine rings is 1. The largest absolute Gasteiger partial charge is 0.303 e. The van der Waals surface area contributed by atoms with Crippen LogP contribution in [0, 0.1) is 5.92 Å². The van der Waals surface area contributed by atoms with Crippen molar-refractivity contribution < 1.29 is 0 Å². The van der Waals surface area contributed by atoms with Gasteiger partial charge in [-0.2, -0.15) is 4.98 Å². The second-order valence-electron chi connectivity index (χ2n) is 12.2. The molecule has 2 aliphatic heterocycles. The van der Waals surface area contributed by atoms with Gasteiger partial charge in [-0.1, -0.05) is 68.3 Å². The van der Waals surface area contributed by atoms with Crippen LogP contribution in [0.5, 0.6) is 0 Å². The van der Waals surface area contributed by atoms with Crippen molar-refractivity contribution in [1.29, 1.82) is 0 Å². The summed E-state index contributed by atoms with van der Waals surface area (Å²) in [5.74, 6) is 2.49. The Balaban J connectivity index is 1.23. The molecule has 0 amide bonds. The van der Waals surface area contributed by atoms with Crippen LogP contribution >= 0.6 is 11.6 Å². The summed E-state index contributed by atoms with van der Waals surface area (Å²) in [5, 5.41) is 1.04. The lowest BCUT2D eigenvalue weighted by Crippen LogP contribution is -2.37. The Morgan fingerprint density at radius 2 is 1.68 bits per heavy atom. The highest BCUT2D eigenvalue weighted by molar-refractivity contribution is 6.35. The van der Waals surface area contributed by atoms with Crippen LogP contribution in [-0.4, -0.2) is 34.1 Å². The first-order valence-electron chi connectivity index (χ1n) is 14.7. The quantitative estimate of drug-likeness (QED) is 0.365. The molecule has 2 saturated carbocycles. The molecule has 2 aliphatic carbocycles. The lowest BCUT2D eigenvalue weighted by Gasteiger charge is -2.36. The lowest BCUT2D eigenvalue weighted by molar-refractivity contribution is 0.164. The van der Waals surface area contributed by atoms with Gasteiger partial charge in [0, 0.05) is 6.54 Å².